The van der Waals surface area contributed by atoms with Gasteiger partial charge in [-0.3, -0.25) is 9.59 Å². The van der Waals surface area contributed by atoms with Crippen molar-refractivity contribution in [1.29, 1.82) is 0 Å². The quantitative estimate of drug-likeness (QED) is 0.655. The molecule has 1 N–H and O–H groups in total. The van der Waals surface area contributed by atoms with Gasteiger partial charge in [-0.1, -0.05) is 48.5 Å². The fraction of sp³-hybridized carbons (Fsp3) is 0.190. The second kappa shape index (κ2) is 8.80. The number of aromatic nitrogens is 2. The van der Waals surface area contributed by atoms with E-state index in [1.807, 2.05) is 66.9 Å². The van der Waals surface area contributed by atoms with Crippen LogP contribution in [0, 0.1) is 0 Å². The lowest BCUT2D eigenvalue weighted by Gasteiger charge is -2.18. The van der Waals surface area contributed by atoms with Gasteiger partial charge in [-0.2, -0.15) is 5.10 Å². The van der Waals surface area contributed by atoms with E-state index >= 15 is 0 Å². The largest absolute Gasteiger partial charge is 0.469 e. The Morgan fingerprint density at radius 3 is 2.41 bits per heavy atom. The molecule has 0 saturated carbocycles. The third-order valence-electron chi connectivity index (χ3n) is 4.16. The summed E-state index contributed by atoms with van der Waals surface area (Å²) >= 11 is 0. The van der Waals surface area contributed by atoms with E-state index in [1.165, 1.54) is 7.11 Å². The van der Waals surface area contributed by atoms with Gasteiger partial charge in [-0.25, -0.2) is 4.68 Å². The molecule has 3 aromatic rings. The fourth-order valence-corrected chi connectivity index (χ4v) is 2.79. The Morgan fingerprint density at radius 2 is 1.74 bits per heavy atom. The first-order valence-corrected chi connectivity index (χ1v) is 8.66. The Balaban J connectivity index is 1.67. The van der Waals surface area contributed by atoms with E-state index in [4.69, 9.17) is 4.74 Å². The number of carbonyl (C=O) groups is 2. The van der Waals surface area contributed by atoms with Crippen molar-refractivity contribution in [2.45, 2.75) is 18.9 Å². The number of hydrogen-bond acceptors (Lipinski definition) is 4. The van der Waals surface area contributed by atoms with E-state index in [0.717, 1.165) is 16.8 Å². The molecule has 1 unspecified atom stereocenters. The van der Waals surface area contributed by atoms with Gasteiger partial charge >= 0.3 is 5.97 Å². The van der Waals surface area contributed by atoms with Gasteiger partial charge in [0.25, 0.3) is 0 Å². The highest BCUT2D eigenvalue weighted by Gasteiger charge is 2.19. The third-order valence-corrected chi connectivity index (χ3v) is 4.16. The molecule has 6 nitrogen and oxygen atoms in total. The molecule has 0 fully saturated rings. The highest BCUT2D eigenvalue weighted by molar-refractivity contribution is 5.80. The highest BCUT2D eigenvalue weighted by atomic mass is 16.5. The fourth-order valence-electron chi connectivity index (χ4n) is 2.79. The van der Waals surface area contributed by atoms with Crippen LogP contribution in [0.4, 0.5) is 0 Å². The molecule has 3 rings (SSSR count). The van der Waals surface area contributed by atoms with Crippen molar-refractivity contribution in [3.8, 4) is 5.69 Å². The molecular weight excluding hydrogens is 342 g/mol. The number of nitrogens with one attached hydrogen (secondary N) is 1. The van der Waals surface area contributed by atoms with Gasteiger partial charge in [-0.15, -0.1) is 0 Å². The van der Waals surface area contributed by atoms with Crippen molar-refractivity contribution >= 4 is 11.9 Å². The zero-order valence-corrected chi connectivity index (χ0v) is 15.0. The van der Waals surface area contributed by atoms with Crippen molar-refractivity contribution in [3.63, 3.8) is 0 Å². The number of benzene rings is 2. The molecule has 0 radical (unpaired) electrons. The molecule has 138 valence electrons. The molecular formula is C21H21N3O3. The maximum atomic E-state index is 12.5. The van der Waals surface area contributed by atoms with Crippen molar-refractivity contribution < 1.29 is 14.3 Å². The molecule has 2 aromatic carbocycles. The summed E-state index contributed by atoms with van der Waals surface area (Å²) in [6, 6.07) is 18.6. The van der Waals surface area contributed by atoms with Crippen LogP contribution >= 0.6 is 0 Å². The summed E-state index contributed by atoms with van der Waals surface area (Å²) in [4.78, 5) is 24.2. The minimum atomic E-state index is -0.435. The van der Waals surface area contributed by atoms with Crippen LogP contribution in [-0.2, 0) is 20.7 Å². The van der Waals surface area contributed by atoms with Crippen molar-refractivity contribution in [2.24, 2.45) is 0 Å². The monoisotopic (exact) mass is 363 g/mol. The summed E-state index contributed by atoms with van der Waals surface area (Å²) in [6.07, 6.45) is 3.75. The molecule has 27 heavy (non-hydrogen) atoms. The van der Waals surface area contributed by atoms with Crippen LogP contribution in [0.25, 0.3) is 5.69 Å². The third kappa shape index (κ3) is 5.04. The number of esters is 1. The molecule has 6 heteroatoms. The van der Waals surface area contributed by atoms with Crippen molar-refractivity contribution in [2.75, 3.05) is 7.11 Å². The average molecular weight is 363 g/mol. The van der Waals surface area contributed by atoms with E-state index in [9.17, 15) is 9.59 Å². The van der Waals surface area contributed by atoms with E-state index in [2.05, 4.69) is 10.4 Å². The molecule has 0 aliphatic heterocycles. The minimum Gasteiger partial charge on any atom is -0.469 e. The average Bonchev–Trinajstić information content (AvgIpc) is 3.17. The van der Waals surface area contributed by atoms with Gasteiger partial charge in [0.1, 0.15) is 0 Å². The smallest absolute Gasteiger partial charge is 0.307 e. The molecule has 1 aromatic heterocycles. The van der Waals surface area contributed by atoms with Crippen LogP contribution < -0.4 is 5.32 Å². The highest BCUT2D eigenvalue weighted by Crippen LogP contribution is 2.17. The van der Waals surface area contributed by atoms with Crippen LogP contribution in [0.5, 0.6) is 0 Å². The van der Waals surface area contributed by atoms with Crippen LogP contribution in [0.15, 0.2) is 73.1 Å². The molecule has 0 spiro atoms. The standard InChI is InChI=1S/C21H21N3O3/c1-27-21(26)13-19(17-8-4-2-5-9-17)23-20(25)12-16-14-22-24(15-16)18-10-6-3-7-11-18/h2-11,14-15,19H,12-13H2,1H3,(H,23,25). The molecule has 0 aliphatic carbocycles. The first kappa shape index (κ1) is 18.4. The number of ether oxygens (including phenoxy) is 1. The Kier molecular flexibility index (Phi) is 5.99. The van der Waals surface area contributed by atoms with E-state index in [-0.39, 0.29) is 24.7 Å². The van der Waals surface area contributed by atoms with Gasteiger partial charge in [0.15, 0.2) is 0 Å². The minimum absolute atomic E-state index is 0.0789. The summed E-state index contributed by atoms with van der Waals surface area (Å²) in [5.74, 6) is -0.554. The zero-order valence-electron chi connectivity index (χ0n) is 15.0. The van der Waals surface area contributed by atoms with E-state index in [0.29, 0.717) is 0 Å². The maximum Gasteiger partial charge on any atom is 0.307 e. The van der Waals surface area contributed by atoms with E-state index < -0.39 is 6.04 Å². The van der Waals surface area contributed by atoms with Gasteiger partial charge in [-0.05, 0) is 23.3 Å². The zero-order chi connectivity index (χ0) is 19.1. The molecule has 0 aliphatic rings. The topological polar surface area (TPSA) is 73.2 Å². The van der Waals surface area contributed by atoms with Crippen molar-refractivity contribution in [3.05, 3.63) is 84.2 Å². The number of hydrogen-bond donors (Lipinski definition) is 1. The van der Waals surface area contributed by atoms with Crippen LogP contribution in [0.3, 0.4) is 0 Å². The lowest BCUT2D eigenvalue weighted by Crippen LogP contribution is -2.31. The van der Waals surface area contributed by atoms with Crippen molar-refractivity contribution in [1.82, 2.24) is 15.1 Å². The van der Waals surface area contributed by atoms with Crippen LogP contribution in [-0.4, -0.2) is 28.8 Å². The Labute approximate surface area is 157 Å². The SMILES string of the molecule is COC(=O)CC(NC(=O)Cc1cnn(-c2ccccc2)c1)c1ccccc1. The molecule has 0 bridgehead atoms. The number of rotatable bonds is 7. The second-order valence-electron chi connectivity index (χ2n) is 6.12. The second-order valence-corrected chi connectivity index (χ2v) is 6.12. The number of para-hydroxylation sites is 1. The summed E-state index contributed by atoms with van der Waals surface area (Å²) in [6.45, 7) is 0. The summed E-state index contributed by atoms with van der Waals surface area (Å²) in [5.41, 5.74) is 2.58. The number of nitrogens with zero attached hydrogens (tertiary/aromatic N) is 2. The lowest BCUT2D eigenvalue weighted by molar-refractivity contribution is -0.141. The first-order valence-electron chi connectivity index (χ1n) is 8.66. The van der Waals surface area contributed by atoms with Crippen LogP contribution in [0.1, 0.15) is 23.6 Å². The lowest BCUT2D eigenvalue weighted by atomic mass is 10.0. The summed E-state index contributed by atoms with van der Waals surface area (Å²) < 4.78 is 6.48. The number of carbonyl (C=O) groups excluding carboxylic acids is 2. The normalized spacial score (nSPS) is 11.6. The van der Waals surface area contributed by atoms with Gasteiger partial charge < -0.3 is 10.1 Å². The maximum absolute atomic E-state index is 12.5. The van der Waals surface area contributed by atoms with E-state index in [1.54, 1.807) is 10.9 Å². The molecule has 1 heterocycles. The predicted octanol–water partition coefficient (Wildman–Crippen LogP) is 2.84. The Hall–Kier alpha value is -3.41. The van der Waals surface area contributed by atoms with Gasteiger partial charge in [0.05, 0.1) is 37.9 Å². The predicted molar refractivity (Wildman–Crippen MR) is 101 cm³/mol. The first-order chi connectivity index (χ1) is 13.2. The van der Waals surface area contributed by atoms with Gasteiger partial charge in [0, 0.05) is 6.20 Å². The summed E-state index contributed by atoms with van der Waals surface area (Å²) in [7, 11) is 1.34. The number of amides is 1. The Morgan fingerprint density at radius 1 is 1.07 bits per heavy atom. The summed E-state index contributed by atoms with van der Waals surface area (Å²) in [5, 5.41) is 7.22. The molecule has 1 atom stereocenters. The Bertz CT molecular complexity index is 891. The van der Waals surface area contributed by atoms with Gasteiger partial charge in [0.2, 0.25) is 5.91 Å². The molecule has 0 saturated heterocycles. The number of methoxy groups -OCH3 is 1. The van der Waals surface area contributed by atoms with Crippen LogP contribution in [0.2, 0.25) is 0 Å². The molecule has 1 amide bonds.